The number of aliphatic hydroxyl groups excluding tert-OH is 2. The molecule has 8 heteroatoms. The van der Waals surface area contributed by atoms with E-state index < -0.39 is 5.97 Å². The lowest BCUT2D eigenvalue weighted by Gasteiger charge is -2.62. The minimum Gasteiger partial charge on any atom is -0.428 e. The van der Waals surface area contributed by atoms with Crippen LogP contribution in [0.2, 0.25) is 0 Å². The number of aliphatic hydroxyl groups is 2. The number of rotatable bonds is 9. The molecule has 232 valence electrons. The van der Waals surface area contributed by atoms with Gasteiger partial charge in [-0.2, -0.15) is 0 Å². The summed E-state index contributed by atoms with van der Waals surface area (Å²) in [6, 6.07) is 0. The molecule has 4 saturated carbocycles. The van der Waals surface area contributed by atoms with Gasteiger partial charge in [-0.15, -0.1) is 0 Å². The van der Waals surface area contributed by atoms with E-state index in [0.29, 0.717) is 42.4 Å². The number of ether oxygens (including phenoxy) is 2. The van der Waals surface area contributed by atoms with Crippen molar-refractivity contribution in [1.29, 1.82) is 0 Å². The number of carbonyl (C=O) groups is 3. The predicted octanol–water partition coefficient (Wildman–Crippen LogP) is 5.89. The summed E-state index contributed by atoms with van der Waals surface area (Å²) < 4.78 is 10.3. The maximum Gasteiger partial charge on any atom is 0.308 e. The van der Waals surface area contributed by atoms with Crippen molar-refractivity contribution < 1.29 is 34.1 Å². The molecule has 41 heavy (non-hydrogen) atoms. The molecule has 1 aliphatic heterocycles. The quantitative estimate of drug-likeness (QED) is 0.252. The summed E-state index contributed by atoms with van der Waals surface area (Å²) in [5, 5.41) is 22.2. The van der Waals surface area contributed by atoms with Gasteiger partial charge in [0.1, 0.15) is 0 Å². The van der Waals surface area contributed by atoms with Crippen molar-refractivity contribution >= 4 is 28.8 Å². The average molecular weight is 593 g/mol. The van der Waals surface area contributed by atoms with E-state index >= 15 is 0 Å². The van der Waals surface area contributed by atoms with E-state index in [4.69, 9.17) is 9.47 Å². The highest BCUT2D eigenvalue weighted by atomic mass is 32.2. The number of hydrogen-bond acceptors (Lipinski definition) is 8. The van der Waals surface area contributed by atoms with Crippen LogP contribution in [0.4, 0.5) is 0 Å². The van der Waals surface area contributed by atoms with E-state index in [2.05, 4.69) is 20.8 Å². The van der Waals surface area contributed by atoms with Gasteiger partial charge in [-0.3, -0.25) is 14.4 Å². The van der Waals surface area contributed by atoms with E-state index in [-0.39, 0.29) is 65.6 Å². The second kappa shape index (κ2) is 12.9. The maximum absolute atomic E-state index is 12.5. The number of hydrogen-bond donors (Lipinski definition) is 2. The average Bonchev–Trinajstić information content (AvgIpc) is 3.31. The molecule has 5 aliphatic rings. The van der Waals surface area contributed by atoms with Crippen LogP contribution in [-0.2, 0) is 23.9 Å². The van der Waals surface area contributed by atoms with E-state index in [1.807, 2.05) is 0 Å². The predicted molar refractivity (Wildman–Crippen MR) is 157 cm³/mol. The Balaban J connectivity index is 1.08. The first-order valence-electron chi connectivity index (χ1n) is 16.4. The van der Waals surface area contributed by atoms with E-state index in [1.54, 1.807) is 0 Å². The van der Waals surface area contributed by atoms with Gasteiger partial charge in [-0.05, 0) is 123 Å². The Labute approximate surface area is 250 Å². The van der Waals surface area contributed by atoms with Gasteiger partial charge >= 0.3 is 11.9 Å². The lowest BCUT2D eigenvalue weighted by Crippen LogP contribution is -2.58. The Morgan fingerprint density at radius 2 is 1.73 bits per heavy atom. The highest BCUT2D eigenvalue weighted by Gasteiger charge is 2.63. The molecule has 1 saturated heterocycles. The zero-order valence-electron chi connectivity index (χ0n) is 25.4. The fraction of sp³-hybridized carbons (Fsp3) is 0.909. The van der Waals surface area contributed by atoms with Crippen LogP contribution in [0.15, 0.2) is 0 Å². The molecule has 0 aromatic rings. The fourth-order valence-corrected chi connectivity index (χ4v) is 11.3. The molecule has 0 amide bonds. The molecule has 11 atom stereocenters. The molecule has 0 radical (unpaired) electrons. The van der Waals surface area contributed by atoms with Crippen molar-refractivity contribution in [3.05, 3.63) is 0 Å². The standard InChI is InChI=1S/C33H52O7S/c1-20(6-12-29(36)39-19-40-30(37)13-7-21-5-4-16-41-31(21)38)25-10-11-26-24-9-8-22-17-23(34)14-15-32(22,2)27(24)18-28(35)33(25,26)3/h20-28,34-35H,4-19H2,1-3H3/t20-,21?,22-,23-,24?,25?,26?,27?,28+,32+,33-/m1/s1. The van der Waals surface area contributed by atoms with Crippen LogP contribution >= 0.6 is 11.8 Å². The first-order chi connectivity index (χ1) is 19.5. The van der Waals surface area contributed by atoms with Crippen molar-refractivity contribution in [2.75, 3.05) is 12.5 Å². The third-order valence-electron chi connectivity index (χ3n) is 12.7. The maximum atomic E-state index is 12.5. The molecule has 1 heterocycles. The summed E-state index contributed by atoms with van der Waals surface area (Å²) in [7, 11) is 0. The van der Waals surface area contributed by atoms with Crippen molar-refractivity contribution in [2.24, 2.45) is 52.3 Å². The molecule has 5 fully saturated rings. The van der Waals surface area contributed by atoms with Gasteiger partial charge in [0, 0.05) is 24.5 Å². The Kier molecular flexibility index (Phi) is 9.82. The van der Waals surface area contributed by atoms with Crippen LogP contribution < -0.4 is 0 Å². The van der Waals surface area contributed by atoms with Gasteiger partial charge in [0.05, 0.1) is 12.2 Å². The Bertz CT molecular complexity index is 971. The molecule has 5 rings (SSSR count). The minimum absolute atomic E-state index is 0.0738. The Hall–Kier alpha value is -1.12. The molecule has 2 N–H and O–H groups in total. The molecule has 5 unspecified atom stereocenters. The van der Waals surface area contributed by atoms with Crippen LogP contribution in [0.3, 0.4) is 0 Å². The Morgan fingerprint density at radius 3 is 2.49 bits per heavy atom. The summed E-state index contributed by atoms with van der Waals surface area (Å²) >= 11 is 1.35. The molecule has 4 aliphatic carbocycles. The topological polar surface area (TPSA) is 110 Å². The summed E-state index contributed by atoms with van der Waals surface area (Å²) in [5.41, 5.74) is 0.101. The molecular formula is C33H52O7S. The van der Waals surface area contributed by atoms with Crippen LogP contribution in [0, 0.1) is 52.3 Å². The third kappa shape index (κ3) is 6.26. The lowest BCUT2D eigenvalue weighted by molar-refractivity contribution is -0.175. The van der Waals surface area contributed by atoms with Gasteiger partial charge in [-0.25, -0.2) is 0 Å². The molecule has 0 spiro atoms. The van der Waals surface area contributed by atoms with Crippen molar-refractivity contribution in [2.45, 2.75) is 123 Å². The van der Waals surface area contributed by atoms with Crippen molar-refractivity contribution in [3.63, 3.8) is 0 Å². The van der Waals surface area contributed by atoms with E-state index in [1.165, 1.54) is 24.6 Å². The van der Waals surface area contributed by atoms with E-state index in [0.717, 1.165) is 57.1 Å². The highest BCUT2D eigenvalue weighted by Crippen LogP contribution is 2.68. The van der Waals surface area contributed by atoms with E-state index in [9.17, 15) is 24.6 Å². The van der Waals surface area contributed by atoms with Crippen molar-refractivity contribution in [3.8, 4) is 0 Å². The highest BCUT2D eigenvalue weighted by molar-refractivity contribution is 8.13. The van der Waals surface area contributed by atoms with Crippen molar-refractivity contribution in [1.82, 2.24) is 0 Å². The van der Waals surface area contributed by atoms with Crippen LogP contribution in [0.1, 0.15) is 111 Å². The van der Waals surface area contributed by atoms with Gasteiger partial charge in [0.2, 0.25) is 6.79 Å². The van der Waals surface area contributed by atoms with Gasteiger partial charge < -0.3 is 19.7 Å². The molecule has 0 bridgehead atoms. The molecule has 0 aromatic heterocycles. The monoisotopic (exact) mass is 592 g/mol. The molecular weight excluding hydrogens is 540 g/mol. The largest absolute Gasteiger partial charge is 0.428 e. The smallest absolute Gasteiger partial charge is 0.308 e. The number of carbonyl (C=O) groups excluding carboxylic acids is 3. The molecule has 0 aromatic carbocycles. The summed E-state index contributed by atoms with van der Waals surface area (Å²) in [6.07, 6.45) is 11.4. The zero-order chi connectivity index (χ0) is 29.4. The second-order valence-electron chi connectivity index (χ2n) is 14.6. The number of thioether (sulfide) groups is 1. The zero-order valence-corrected chi connectivity index (χ0v) is 26.2. The van der Waals surface area contributed by atoms with Gasteiger partial charge in [0.25, 0.3) is 0 Å². The van der Waals surface area contributed by atoms with Gasteiger partial charge in [-0.1, -0.05) is 32.5 Å². The van der Waals surface area contributed by atoms with Crippen LogP contribution in [-0.4, -0.2) is 52.0 Å². The normalized spacial score (nSPS) is 42.9. The fourth-order valence-electron chi connectivity index (χ4n) is 10.3. The third-order valence-corrected chi connectivity index (χ3v) is 13.8. The molecule has 7 nitrogen and oxygen atoms in total. The second-order valence-corrected chi connectivity index (χ2v) is 15.7. The van der Waals surface area contributed by atoms with Gasteiger partial charge in [0.15, 0.2) is 5.12 Å². The SMILES string of the molecule is C[C@H](CCC(=O)OCOC(=O)CCC1CCCSC1=O)C1CCC2C3CC[C@@H]4C[C@H](O)CC[C@]4(C)C3C[C@H](O)[C@@]21C. The first-order valence-corrected chi connectivity index (χ1v) is 17.4. The minimum atomic E-state index is -0.434. The lowest BCUT2D eigenvalue weighted by atomic mass is 9.43. The van der Waals surface area contributed by atoms with Crippen LogP contribution in [0.25, 0.3) is 0 Å². The Morgan fingerprint density at radius 1 is 0.976 bits per heavy atom. The number of fused-ring (bicyclic) bond motifs is 5. The summed E-state index contributed by atoms with van der Waals surface area (Å²) in [6.45, 7) is 6.62. The van der Waals surface area contributed by atoms with Crippen LogP contribution in [0.5, 0.6) is 0 Å². The first kappa shape index (κ1) is 31.3. The summed E-state index contributed by atoms with van der Waals surface area (Å²) in [5.74, 6) is 2.92. The number of esters is 2. The summed E-state index contributed by atoms with van der Waals surface area (Å²) in [4.78, 5) is 36.4.